The fourth-order valence-corrected chi connectivity index (χ4v) is 3.22. The zero-order valence-electron chi connectivity index (χ0n) is 9.63. The fraction of sp³-hybridized carbons (Fsp3) is 0.385. The van der Waals surface area contributed by atoms with Crippen molar-refractivity contribution in [1.82, 2.24) is 4.57 Å². The molecule has 80 valence electrons. The molecule has 1 aromatic carbocycles. The van der Waals surface area contributed by atoms with Gasteiger partial charge >= 0.3 is 0 Å². The number of aryl methyl sites for hydroxylation is 2. The summed E-state index contributed by atoms with van der Waals surface area (Å²) in [5.41, 5.74) is 3.98. The van der Waals surface area contributed by atoms with Crippen LogP contribution in [0.4, 0.5) is 0 Å². The van der Waals surface area contributed by atoms with E-state index in [1.807, 2.05) is 0 Å². The molecule has 0 N–H and O–H groups in total. The molecule has 0 aliphatic rings. The zero-order valence-corrected chi connectivity index (χ0v) is 11.2. The van der Waals surface area contributed by atoms with Gasteiger partial charge < -0.3 is 4.57 Å². The van der Waals surface area contributed by atoms with E-state index in [1.54, 1.807) is 0 Å². The van der Waals surface area contributed by atoms with Gasteiger partial charge in [0.2, 0.25) is 0 Å². The SMILES string of the molecule is Cc1ccc2c(c1)c(Br)c(C(C)C)n2C. The molecule has 0 aliphatic heterocycles. The maximum Gasteiger partial charge on any atom is 0.0491 e. The lowest BCUT2D eigenvalue weighted by Crippen LogP contribution is -1.98. The lowest BCUT2D eigenvalue weighted by Gasteiger charge is -2.07. The summed E-state index contributed by atoms with van der Waals surface area (Å²) in [6.45, 7) is 6.59. The topological polar surface area (TPSA) is 4.93 Å². The third-order valence-corrected chi connectivity index (χ3v) is 3.72. The van der Waals surface area contributed by atoms with Crippen LogP contribution in [0.5, 0.6) is 0 Å². The van der Waals surface area contributed by atoms with E-state index in [0.29, 0.717) is 5.92 Å². The number of benzene rings is 1. The highest BCUT2D eigenvalue weighted by Crippen LogP contribution is 2.34. The minimum absolute atomic E-state index is 0.539. The van der Waals surface area contributed by atoms with E-state index in [9.17, 15) is 0 Å². The van der Waals surface area contributed by atoms with Crippen molar-refractivity contribution in [3.05, 3.63) is 33.9 Å². The summed E-state index contributed by atoms with van der Waals surface area (Å²) in [7, 11) is 2.14. The first-order chi connectivity index (χ1) is 7.02. The Kier molecular flexibility index (Phi) is 2.63. The Morgan fingerprint density at radius 3 is 2.53 bits per heavy atom. The highest BCUT2D eigenvalue weighted by molar-refractivity contribution is 9.10. The lowest BCUT2D eigenvalue weighted by molar-refractivity contribution is 0.750. The van der Waals surface area contributed by atoms with Crippen LogP contribution in [0.25, 0.3) is 10.9 Å². The summed E-state index contributed by atoms with van der Waals surface area (Å²) in [5, 5.41) is 1.32. The number of nitrogens with zero attached hydrogens (tertiary/aromatic N) is 1. The van der Waals surface area contributed by atoms with E-state index in [2.05, 4.69) is 66.5 Å². The van der Waals surface area contributed by atoms with Crippen molar-refractivity contribution in [2.75, 3.05) is 0 Å². The second kappa shape index (κ2) is 3.67. The Labute approximate surface area is 99.2 Å². The van der Waals surface area contributed by atoms with Crippen molar-refractivity contribution < 1.29 is 0 Å². The van der Waals surface area contributed by atoms with Crippen LogP contribution in [0.3, 0.4) is 0 Å². The van der Waals surface area contributed by atoms with Gasteiger partial charge in [0.05, 0.1) is 0 Å². The summed E-state index contributed by atoms with van der Waals surface area (Å²) >= 11 is 3.72. The fourth-order valence-electron chi connectivity index (χ4n) is 2.17. The molecule has 2 rings (SSSR count). The van der Waals surface area contributed by atoms with Gasteiger partial charge in [0.1, 0.15) is 0 Å². The normalized spacial score (nSPS) is 11.6. The molecule has 1 aromatic heterocycles. The Hall–Kier alpha value is -0.760. The molecule has 1 heterocycles. The number of fused-ring (bicyclic) bond motifs is 1. The molecule has 1 nitrogen and oxygen atoms in total. The van der Waals surface area contributed by atoms with Gasteiger partial charge in [-0.25, -0.2) is 0 Å². The van der Waals surface area contributed by atoms with Gasteiger partial charge in [0.25, 0.3) is 0 Å². The van der Waals surface area contributed by atoms with Crippen molar-refractivity contribution in [3.63, 3.8) is 0 Å². The monoisotopic (exact) mass is 265 g/mol. The van der Waals surface area contributed by atoms with E-state index in [-0.39, 0.29) is 0 Å². The molecular formula is C13H16BrN. The third kappa shape index (κ3) is 1.61. The first kappa shape index (κ1) is 10.7. The van der Waals surface area contributed by atoms with Gasteiger partial charge in [-0.15, -0.1) is 0 Å². The van der Waals surface area contributed by atoms with Gasteiger partial charge in [0, 0.05) is 28.1 Å². The second-order valence-corrected chi connectivity index (χ2v) is 5.23. The molecule has 15 heavy (non-hydrogen) atoms. The van der Waals surface area contributed by atoms with Gasteiger partial charge in [-0.3, -0.25) is 0 Å². The first-order valence-electron chi connectivity index (χ1n) is 5.26. The average Bonchev–Trinajstić information content (AvgIpc) is 2.39. The highest BCUT2D eigenvalue weighted by atomic mass is 79.9. The maximum absolute atomic E-state index is 3.72. The molecule has 0 spiro atoms. The summed E-state index contributed by atoms with van der Waals surface area (Å²) in [5.74, 6) is 0.539. The van der Waals surface area contributed by atoms with Crippen molar-refractivity contribution in [3.8, 4) is 0 Å². The van der Waals surface area contributed by atoms with Crippen LogP contribution in [0.1, 0.15) is 31.0 Å². The predicted octanol–water partition coefficient (Wildman–Crippen LogP) is 4.37. The molecule has 0 saturated heterocycles. The van der Waals surface area contributed by atoms with Crippen LogP contribution in [0.15, 0.2) is 22.7 Å². The predicted molar refractivity (Wildman–Crippen MR) is 69.4 cm³/mol. The van der Waals surface area contributed by atoms with E-state index in [4.69, 9.17) is 0 Å². The van der Waals surface area contributed by atoms with Gasteiger partial charge in [-0.2, -0.15) is 0 Å². The Balaban J connectivity index is 2.85. The molecule has 0 fully saturated rings. The smallest absolute Gasteiger partial charge is 0.0491 e. The molecule has 0 atom stereocenters. The van der Waals surface area contributed by atoms with E-state index >= 15 is 0 Å². The molecule has 2 aromatic rings. The van der Waals surface area contributed by atoms with Crippen molar-refractivity contribution in [2.45, 2.75) is 26.7 Å². The van der Waals surface area contributed by atoms with Gasteiger partial charge in [-0.1, -0.05) is 25.5 Å². The summed E-state index contributed by atoms with van der Waals surface area (Å²) in [6, 6.07) is 6.60. The lowest BCUT2D eigenvalue weighted by atomic mass is 10.1. The van der Waals surface area contributed by atoms with E-state index in [0.717, 1.165) is 0 Å². The van der Waals surface area contributed by atoms with Crippen LogP contribution in [0.2, 0.25) is 0 Å². The zero-order chi connectivity index (χ0) is 11.2. The molecule has 0 aliphatic carbocycles. The van der Waals surface area contributed by atoms with Crippen molar-refractivity contribution in [1.29, 1.82) is 0 Å². The van der Waals surface area contributed by atoms with E-state index in [1.165, 1.54) is 26.6 Å². The number of halogens is 1. The minimum atomic E-state index is 0.539. The van der Waals surface area contributed by atoms with Crippen LogP contribution in [0, 0.1) is 6.92 Å². The van der Waals surface area contributed by atoms with Gasteiger partial charge in [-0.05, 0) is 40.9 Å². The molecule has 0 amide bonds. The molecular weight excluding hydrogens is 250 g/mol. The summed E-state index contributed by atoms with van der Waals surface area (Å²) in [4.78, 5) is 0. The highest BCUT2D eigenvalue weighted by Gasteiger charge is 2.15. The Bertz CT molecular complexity index is 509. The van der Waals surface area contributed by atoms with Crippen LogP contribution >= 0.6 is 15.9 Å². The van der Waals surface area contributed by atoms with Crippen molar-refractivity contribution in [2.24, 2.45) is 7.05 Å². The number of aromatic nitrogens is 1. The van der Waals surface area contributed by atoms with E-state index < -0.39 is 0 Å². The number of hydrogen-bond donors (Lipinski definition) is 0. The Morgan fingerprint density at radius 1 is 1.27 bits per heavy atom. The molecule has 0 unspecified atom stereocenters. The maximum atomic E-state index is 3.72. The summed E-state index contributed by atoms with van der Waals surface area (Å²) in [6.07, 6.45) is 0. The molecule has 2 heteroatoms. The number of rotatable bonds is 1. The van der Waals surface area contributed by atoms with Crippen LogP contribution < -0.4 is 0 Å². The minimum Gasteiger partial charge on any atom is -0.346 e. The number of hydrogen-bond acceptors (Lipinski definition) is 0. The third-order valence-electron chi connectivity index (χ3n) is 2.88. The second-order valence-electron chi connectivity index (χ2n) is 4.43. The molecule has 0 saturated carbocycles. The molecule has 0 radical (unpaired) electrons. The first-order valence-corrected chi connectivity index (χ1v) is 6.06. The molecule has 0 bridgehead atoms. The van der Waals surface area contributed by atoms with Crippen LogP contribution in [-0.4, -0.2) is 4.57 Å². The average molecular weight is 266 g/mol. The van der Waals surface area contributed by atoms with Crippen LogP contribution in [-0.2, 0) is 7.05 Å². The quantitative estimate of drug-likeness (QED) is 0.722. The van der Waals surface area contributed by atoms with Gasteiger partial charge in [0.15, 0.2) is 0 Å². The van der Waals surface area contributed by atoms with Crippen molar-refractivity contribution >= 4 is 26.8 Å². The summed E-state index contributed by atoms with van der Waals surface area (Å²) < 4.78 is 3.53. The Morgan fingerprint density at radius 2 is 1.93 bits per heavy atom. The standard InChI is InChI=1S/C13H16BrN/c1-8(2)13-12(14)10-7-9(3)5-6-11(10)15(13)4/h5-8H,1-4H3. The largest absolute Gasteiger partial charge is 0.346 e.